The van der Waals surface area contributed by atoms with Gasteiger partial charge in [-0.1, -0.05) is 6.92 Å². The number of H-pyrrole nitrogens is 1. The monoisotopic (exact) mass is 196 g/mol. The SMILES string of the molecule is CCNC(=O)NC(CC)c1ncc[nH]1. The van der Waals surface area contributed by atoms with Crippen LogP contribution < -0.4 is 10.6 Å². The van der Waals surface area contributed by atoms with Gasteiger partial charge in [-0.15, -0.1) is 0 Å². The summed E-state index contributed by atoms with van der Waals surface area (Å²) in [5, 5.41) is 5.51. The highest BCUT2D eigenvalue weighted by Crippen LogP contribution is 2.10. The number of urea groups is 1. The normalized spacial score (nSPS) is 12.1. The largest absolute Gasteiger partial charge is 0.347 e. The number of hydrogen-bond donors (Lipinski definition) is 3. The maximum absolute atomic E-state index is 11.2. The van der Waals surface area contributed by atoms with Crippen LogP contribution in [0.25, 0.3) is 0 Å². The zero-order valence-corrected chi connectivity index (χ0v) is 8.50. The van der Waals surface area contributed by atoms with Gasteiger partial charge in [0.15, 0.2) is 0 Å². The fraction of sp³-hybridized carbons (Fsp3) is 0.556. The summed E-state index contributed by atoms with van der Waals surface area (Å²) in [7, 11) is 0. The van der Waals surface area contributed by atoms with E-state index in [0.29, 0.717) is 6.54 Å². The van der Waals surface area contributed by atoms with Gasteiger partial charge in [-0.3, -0.25) is 0 Å². The standard InChI is InChI=1S/C9H16N4O/c1-3-7(8-11-5-6-12-8)13-9(14)10-4-2/h5-7H,3-4H2,1-2H3,(H,11,12)(H2,10,13,14). The van der Waals surface area contributed by atoms with E-state index in [1.807, 2.05) is 13.8 Å². The summed E-state index contributed by atoms with van der Waals surface area (Å²) in [6, 6.07) is -0.202. The maximum atomic E-state index is 11.2. The van der Waals surface area contributed by atoms with Crippen molar-refractivity contribution in [3.05, 3.63) is 18.2 Å². The number of nitrogens with zero attached hydrogens (tertiary/aromatic N) is 1. The zero-order chi connectivity index (χ0) is 10.4. The zero-order valence-electron chi connectivity index (χ0n) is 8.50. The van der Waals surface area contributed by atoms with Crippen molar-refractivity contribution >= 4 is 6.03 Å². The van der Waals surface area contributed by atoms with E-state index >= 15 is 0 Å². The molecule has 78 valence electrons. The molecular formula is C9H16N4O. The van der Waals surface area contributed by atoms with Gasteiger partial charge in [-0.2, -0.15) is 0 Å². The van der Waals surface area contributed by atoms with Crippen molar-refractivity contribution in [2.24, 2.45) is 0 Å². The number of aromatic amines is 1. The van der Waals surface area contributed by atoms with Crippen LogP contribution in [-0.4, -0.2) is 22.5 Å². The van der Waals surface area contributed by atoms with Gasteiger partial charge in [-0.05, 0) is 13.3 Å². The van der Waals surface area contributed by atoms with Crippen LogP contribution in [0.2, 0.25) is 0 Å². The van der Waals surface area contributed by atoms with Crippen LogP contribution in [0.15, 0.2) is 12.4 Å². The van der Waals surface area contributed by atoms with Crippen molar-refractivity contribution in [1.29, 1.82) is 0 Å². The lowest BCUT2D eigenvalue weighted by molar-refractivity contribution is 0.236. The molecule has 1 aromatic rings. The molecule has 0 aromatic carbocycles. The topological polar surface area (TPSA) is 69.8 Å². The first-order chi connectivity index (χ1) is 6.77. The number of amides is 2. The molecule has 0 fully saturated rings. The minimum atomic E-state index is -0.157. The second kappa shape index (κ2) is 5.26. The number of carbonyl (C=O) groups excluding carboxylic acids is 1. The third-order valence-corrected chi connectivity index (χ3v) is 1.90. The Balaban J connectivity index is 2.51. The Morgan fingerprint density at radius 3 is 2.93 bits per heavy atom. The van der Waals surface area contributed by atoms with E-state index in [1.54, 1.807) is 12.4 Å². The minimum Gasteiger partial charge on any atom is -0.347 e. The van der Waals surface area contributed by atoms with Crippen molar-refractivity contribution in [2.45, 2.75) is 26.3 Å². The summed E-state index contributed by atoms with van der Waals surface area (Å²) in [4.78, 5) is 18.3. The van der Waals surface area contributed by atoms with Gasteiger partial charge in [0, 0.05) is 18.9 Å². The van der Waals surface area contributed by atoms with E-state index in [4.69, 9.17) is 0 Å². The predicted octanol–water partition coefficient (Wildman–Crippen LogP) is 1.18. The van der Waals surface area contributed by atoms with E-state index in [9.17, 15) is 4.79 Å². The average Bonchev–Trinajstić information content (AvgIpc) is 2.67. The lowest BCUT2D eigenvalue weighted by Crippen LogP contribution is -2.37. The van der Waals surface area contributed by atoms with Gasteiger partial charge < -0.3 is 15.6 Å². The first kappa shape index (κ1) is 10.6. The van der Waals surface area contributed by atoms with Crippen LogP contribution in [0.4, 0.5) is 4.79 Å². The Morgan fingerprint density at radius 2 is 2.43 bits per heavy atom. The van der Waals surface area contributed by atoms with Crippen LogP contribution in [-0.2, 0) is 0 Å². The number of imidazole rings is 1. The molecule has 5 heteroatoms. The molecule has 0 radical (unpaired) electrons. The molecule has 14 heavy (non-hydrogen) atoms. The molecule has 1 atom stereocenters. The Hall–Kier alpha value is -1.52. The highest BCUT2D eigenvalue weighted by Gasteiger charge is 2.13. The fourth-order valence-electron chi connectivity index (χ4n) is 1.20. The number of hydrogen-bond acceptors (Lipinski definition) is 2. The molecule has 1 rings (SSSR count). The second-order valence-corrected chi connectivity index (χ2v) is 2.94. The molecule has 1 heterocycles. The van der Waals surface area contributed by atoms with Gasteiger partial charge in [0.05, 0.1) is 6.04 Å². The Labute approximate surface area is 83.3 Å². The molecule has 0 bridgehead atoms. The summed E-state index contributed by atoms with van der Waals surface area (Å²) in [5.41, 5.74) is 0. The second-order valence-electron chi connectivity index (χ2n) is 2.94. The number of rotatable bonds is 4. The molecule has 0 aliphatic rings. The van der Waals surface area contributed by atoms with Crippen molar-refractivity contribution in [3.8, 4) is 0 Å². The molecule has 3 N–H and O–H groups in total. The number of nitrogens with one attached hydrogen (secondary N) is 3. The minimum absolute atomic E-state index is 0.0449. The van der Waals surface area contributed by atoms with E-state index in [1.165, 1.54) is 0 Å². The predicted molar refractivity (Wildman–Crippen MR) is 53.8 cm³/mol. The summed E-state index contributed by atoms with van der Waals surface area (Å²) >= 11 is 0. The lowest BCUT2D eigenvalue weighted by Gasteiger charge is -2.14. The Kier molecular flexibility index (Phi) is 3.97. The van der Waals surface area contributed by atoms with Crippen LogP contribution >= 0.6 is 0 Å². The fourth-order valence-corrected chi connectivity index (χ4v) is 1.20. The van der Waals surface area contributed by atoms with Crippen molar-refractivity contribution < 1.29 is 4.79 Å². The Bertz CT molecular complexity index is 270. The van der Waals surface area contributed by atoms with Gasteiger partial charge >= 0.3 is 6.03 Å². The molecule has 5 nitrogen and oxygen atoms in total. The van der Waals surface area contributed by atoms with Crippen LogP contribution in [0, 0.1) is 0 Å². The van der Waals surface area contributed by atoms with Crippen molar-refractivity contribution in [3.63, 3.8) is 0 Å². The summed E-state index contributed by atoms with van der Waals surface area (Å²) in [5.74, 6) is 0.791. The van der Waals surface area contributed by atoms with Crippen LogP contribution in [0.3, 0.4) is 0 Å². The van der Waals surface area contributed by atoms with Gasteiger partial charge in [-0.25, -0.2) is 9.78 Å². The molecule has 2 amide bonds. The molecule has 0 spiro atoms. The number of carbonyl (C=O) groups is 1. The van der Waals surface area contributed by atoms with E-state index < -0.39 is 0 Å². The van der Waals surface area contributed by atoms with Crippen molar-refractivity contribution in [2.75, 3.05) is 6.54 Å². The third-order valence-electron chi connectivity index (χ3n) is 1.90. The third kappa shape index (κ3) is 2.76. The molecular weight excluding hydrogens is 180 g/mol. The van der Waals surface area contributed by atoms with Gasteiger partial charge in [0.25, 0.3) is 0 Å². The van der Waals surface area contributed by atoms with Crippen LogP contribution in [0.5, 0.6) is 0 Å². The highest BCUT2D eigenvalue weighted by atomic mass is 16.2. The smallest absolute Gasteiger partial charge is 0.315 e. The lowest BCUT2D eigenvalue weighted by atomic mass is 10.2. The summed E-state index contributed by atoms with van der Waals surface area (Å²) < 4.78 is 0. The molecule has 0 saturated carbocycles. The van der Waals surface area contributed by atoms with Gasteiger partial charge in [0.1, 0.15) is 5.82 Å². The molecule has 0 aliphatic heterocycles. The maximum Gasteiger partial charge on any atom is 0.315 e. The molecule has 1 unspecified atom stereocenters. The number of aromatic nitrogens is 2. The molecule has 0 aliphatic carbocycles. The summed E-state index contributed by atoms with van der Waals surface area (Å²) in [6.45, 7) is 4.51. The molecule has 1 aromatic heterocycles. The highest BCUT2D eigenvalue weighted by molar-refractivity contribution is 5.74. The van der Waals surface area contributed by atoms with Gasteiger partial charge in [0.2, 0.25) is 0 Å². The summed E-state index contributed by atoms with van der Waals surface area (Å²) in [6.07, 6.45) is 4.24. The van der Waals surface area contributed by atoms with Crippen LogP contribution in [0.1, 0.15) is 32.1 Å². The Morgan fingerprint density at radius 1 is 1.64 bits per heavy atom. The van der Waals surface area contributed by atoms with Crippen molar-refractivity contribution in [1.82, 2.24) is 20.6 Å². The first-order valence-electron chi connectivity index (χ1n) is 4.81. The van der Waals surface area contributed by atoms with E-state index in [-0.39, 0.29) is 12.1 Å². The first-order valence-corrected chi connectivity index (χ1v) is 4.81. The quantitative estimate of drug-likeness (QED) is 0.676. The van der Waals surface area contributed by atoms with E-state index in [0.717, 1.165) is 12.2 Å². The molecule has 0 saturated heterocycles. The average molecular weight is 196 g/mol. The van der Waals surface area contributed by atoms with E-state index in [2.05, 4.69) is 20.6 Å².